The lowest BCUT2D eigenvalue weighted by atomic mass is 9.81. The molecule has 0 bridgehead atoms. The number of carbonyl (C=O) groups excluding carboxylic acids is 2. The summed E-state index contributed by atoms with van der Waals surface area (Å²) in [5, 5.41) is 0.397. The molecule has 3 aromatic rings. The molecule has 0 spiro atoms. The van der Waals surface area contributed by atoms with Crippen LogP contribution in [-0.2, 0) is 21.4 Å². The van der Waals surface area contributed by atoms with Gasteiger partial charge in [0.25, 0.3) is 5.91 Å². The molecule has 7 rings (SSSR count). The van der Waals surface area contributed by atoms with Crippen molar-refractivity contribution < 1.29 is 18.0 Å². The summed E-state index contributed by atoms with van der Waals surface area (Å²) in [5.74, 6) is 0.202. The molecule has 2 amide bonds. The number of likely N-dealkylation sites (tertiary alicyclic amines) is 1. The van der Waals surface area contributed by atoms with Crippen LogP contribution in [0.2, 0.25) is 0 Å². The maximum atomic E-state index is 14.8. The Labute approximate surface area is 273 Å². The van der Waals surface area contributed by atoms with Crippen molar-refractivity contribution in [2.75, 3.05) is 26.7 Å². The highest BCUT2D eigenvalue weighted by molar-refractivity contribution is 7.90. The lowest BCUT2D eigenvalue weighted by molar-refractivity contribution is -0.138. The second-order valence-corrected chi connectivity index (χ2v) is 16.8. The zero-order valence-corrected chi connectivity index (χ0v) is 28.5. The minimum atomic E-state index is -3.78. The molecule has 0 radical (unpaired) electrons. The first kappa shape index (κ1) is 31.4. The number of hydrogen-bond donors (Lipinski definition) is 1. The van der Waals surface area contributed by atoms with E-state index in [2.05, 4.69) is 57.3 Å². The van der Waals surface area contributed by atoms with Crippen LogP contribution in [0.4, 0.5) is 0 Å². The van der Waals surface area contributed by atoms with Crippen LogP contribution in [0.1, 0.15) is 105 Å². The first-order valence-electron chi connectivity index (χ1n) is 17.4. The van der Waals surface area contributed by atoms with Crippen molar-refractivity contribution in [3.8, 4) is 11.3 Å². The van der Waals surface area contributed by atoms with Gasteiger partial charge in [-0.1, -0.05) is 56.5 Å². The molecular formula is C37H48N4O4S. The van der Waals surface area contributed by atoms with Gasteiger partial charge in [-0.25, -0.2) is 13.1 Å². The van der Waals surface area contributed by atoms with E-state index in [1.807, 2.05) is 12.1 Å². The first-order chi connectivity index (χ1) is 22.1. The molecule has 2 saturated carbocycles. The van der Waals surface area contributed by atoms with Crippen LogP contribution in [-0.4, -0.2) is 72.6 Å². The van der Waals surface area contributed by atoms with Crippen molar-refractivity contribution in [1.82, 2.24) is 19.1 Å². The van der Waals surface area contributed by atoms with Crippen LogP contribution in [0.3, 0.4) is 0 Å². The van der Waals surface area contributed by atoms with Gasteiger partial charge < -0.3 is 14.4 Å². The fourth-order valence-corrected chi connectivity index (χ4v) is 9.25. The molecule has 8 nitrogen and oxygen atoms in total. The third kappa shape index (κ3) is 5.18. The summed E-state index contributed by atoms with van der Waals surface area (Å²) < 4.78 is 29.9. The smallest absolute Gasteiger partial charge is 0.264 e. The van der Waals surface area contributed by atoms with Gasteiger partial charge in [0.1, 0.15) is 0 Å². The lowest BCUT2D eigenvalue weighted by Gasteiger charge is -2.32. The van der Waals surface area contributed by atoms with E-state index in [4.69, 9.17) is 0 Å². The average Bonchev–Trinajstić information content (AvgIpc) is 3.49. The number of nitrogens with one attached hydrogen (secondary N) is 1. The van der Waals surface area contributed by atoms with Crippen LogP contribution in [0.5, 0.6) is 0 Å². The minimum Gasteiger partial charge on any atom is -0.339 e. The molecule has 3 atom stereocenters. The Bertz CT molecular complexity index is 1790. The van der Waals surface area contributed by atoms with Gasteiger partial charge in [0.05, 0.1) is 16.4 Å². The number of nitrogens with zero attached hydrogens (tertiary/aromatic N) is 3. The Hall–Kier alpha value is -3.17. The third-order valence-corrected chi connectivity index (χ3v) is 13.2. The number of amides is 2. The Morgan fingerprint density at radius 1 is 1.04 bits per heavy atom. The maximum Gasteiger partial charge on any atom is 0.264 e. The van der Waals surface area contributed by atoms with E-state index in [9.17, 15) is 18.0 Å². The van der Waals surface area contributed by atoms with Gasteiger partial charge in [0, 0.05) is 53.6 Å². The second kappa shape index (κ2) is 11.8. The van der Waals surface area contributed by atoms with E-state index in [1.54, 1.807) is 19.9 Å². The van der Waals surface area contributed by atoms with E-state index in [1.165, 1.54) is 41.6 Å². The van der Waals surface area contributed by atoms with E-state index in [0.717, 1.165) is 62.6 Å². The molecule has 1 saturated heterocycles. The number of rotatable bonds is 8. The predicted octanol–water partition coefficient (Wildman–Crippen LogP) is 6.25. The number of likely N-dealkylation sites (N-methyl/N-ethyl adjacent to an activating group) is 1. The number of aromatic nitrogens is 1. The van der Waals surface area contributed by atoms with Crippen molar-refractivity contribution in [2.45, 2.75) is 102 Å². The maximum absolute atomic E-state index is 14.8. The molecule has 2 aliphatic heterocycles. The average molecular weight is 645 g/mol. The van der Waals surface area contributed by atoms with Crippen LogP contribution in [0, 0.1) is 5.41 Å². The van der Waals surface area contributed by atoms with Gasteiger partial charge in [0.15, 0.2) is 0 Å². The SMILES string of the molecule is CCN(C)CC1CCCN1C(=O)C12CC1c1ccccc1-c1c(C3CCCCC3)c3ccc(C(=O)NS(=O)(=O)C(C)C)cc3n1C2. The van der Waals surface area contributed by atoms with Crippen molar-refractivity contribution in [3.05, 3.63) is 59.2 Å². The molecule has 1 aromatic heterocycles. The van der Waals surface area contributed by atoms with Crippen molar-refractivity contribution in [3.63, 3.8) is 0 Å². The van der Waals surface area contributed by atoms with Gasteiger partial charge >= 0.3 is 0 Å². The van der Waals surface area contributed by atoms with Crippen LogP contribution in [0.25, 0.3) is 22.2 Å². The fourth-order valence-electron chi connectivity index (χ4n) is 8.64. The molecule has 4 aliphatic rings. The largest absolute Gasteiger partial charge is 0.339 e. The van der Waals surface area contributed by atoms with Gasteiger partial charge in [-0.05, 0) is 88.7 Å². The summed E-state index contributed by atoms with van der Waals surface area (Å²) in [6.45, 7) is 8.50. The van der Waals surface area contributed by atoms with E-state index in [-0.39, 0.29) is 17.9 Å². The Morgan fingerprint density at radius 2 is 1.80 bits per heavy atom. The number of fused-ring (bicyclic) bond motifs is 7. The minimum absolute atomic E-state index is 0.151. The summed E-state index contributed by atoms with van der Waals surface area (Å²) in [6.07, 6.45) is 8.77. The third-order valence-electron chi connectivity index (χ3n) is 11.5. The number of sulfonamides is 1. The quantitative estimate of drug-likeness (QED) is 0.313. The number of carbonyl (C=O) groups is 2. The highest BCUT2D eigenvalue weighted by Gasteiger charge is 2.64. The number of benzene rings is 2. The highest BCUT2D eigenvalue weighted by atomic mass is 32.2. The van der Waals surface area contributed by atoms with E-state index >= 15 is 0 Å². The summed E-state index contributed by atoms with van der Waals surface area (Å²) >= 11 is 0. The summed E-state index contributed by atoms with van der Waals surface area (Å²) in [5.41, 5.74) is 5.68. The topological polar surface area (TPSA) is 91.7 Å². The summed E-state index contributed by atoms with van der Waals surface area (Å²) in [6, 6.07) is 14.6. The zero-order valence-electron chi connectivity index (χ0n) is 27.7. The van der Waals surface area contributed by atoms with Gasteiger partial charge in [-0.3, -0.25) is 9.59 Å². The predicted molar refractivity (Wildman–Crippen MR) is 182 cm³/mol. The summed E-state index contributed by atoms with van der Waals surface area (Å²) in [7, 11) is -1.65. The van der Waals surface area contributed by atoms with Gasteiger partial charge in [-0.15, -0.1) is 0 Å². The molecule has 3 fully saturated rings. The first-order valence-corrected chi connectivity index (χ1v) is 18.9. The van der Waals surface area contributed by atoms with Crippen molar-refractivity contribution in [1.29, 1.82) is 0 Å². The molecule has 1 N–H and O–H groups in total. The zero-order chi connectivity index (χ0) is 32.4. The molecule has 9 heteroatoms. The van der Waals surface area contributed by atoms with Crippen molar-refractivity contribution >= 4 is 32.7 Å². The Kier molecular flexibility index (Phi) is 8.07. The molecule has 46 heavy (non-hydrogen) atoms. The molecule has 2 aliphatic carbocycles. The molecule has 3 heterocycles. The number of hydrogen-bond acceptors (Lipinski definition) is 5. The molecule has 246 valence electrons. The molecular weight excluding hydrogens is 596 g/mol. The highest BCUT2D eigenvalue weighted by Crippen LogP contribution is 2.66. The standard InChI is InChI=1S/C37H48N4O4S/c1-5-39(4)22-27-14-11-19-40(27)36(43)37-21-31(37)28-15-9-10-16-29(28)34-33(25-12-7-6-8-13-25)30-18-17-26(20-32(30)41(34)23-37)35(42)38-46(44,45)24(2)3/h9-10,15-18,20,24-25,27,31H,5-8,11-14,19,21-23H2,1-4H3,(H,38,42). The van der Waals surface area contributed by atoms with Crippen LogP contribution in [0.15, 0.2) is 42.5 Å². The van der Waals surface area contributed by atoms with Crippen molar-refractivity contribution in [2.24, 2.45) is 5.41 Å². The summed E-state index contributed by atoms with van der Waals surface area (Å²) in [4.78, 5) is 32.7. The Balaban J connectivity index is 1.38. The van der Waals surface area contributed by atoms with Crippen LogP contribution >= 0.6 is 0 Å². The Morgan fingerprint density at radius 3 is 2.54 bits per heavy atom. The van der Waals surface area contributed by atoms with E-state index in [0.29, 0.717) is 18.0 Å². The van der Waals surface area contributed by atoms with Crippen LogP contribution < -0.4 is 4.72 Å². The second-order valence-electron chi connectivity index (χ2n) is 14.6. The fraction of sp³-hybridized carbons (Fsp3) is 0.568. The normalized spacial score (nSPS) is 24.5. The van der Waals surface area contributed by atoms with Gasteiger partial charge in [0.2, 0.25) is 15.9 Å². The monoisotopic (exact) mass is 644 g/mol. The molecule has 3 unspecified atom stereocenters. The van der Waals surface area contributed by atoms with Gasteiger partial charge in [-0.2, -0.15) is 0 Å². The van der Waals surface area contributed by atoms with E-state index < -0.39 is 26.6 Å². The molecule has 2 aromatic carbocycles. The lowest BCUT2D eigenvalue weighted by Crippen LogP contribution is -2.46.